The molecule has 0 radical (unpaired) electrons. The molecule has 0 atom stereocenters. The number of benzene rings is 2. The van der Waals surface area contributed by atoms with Crippen LogP contribution in [0.5, 0.6) is 0 Å². The molecule has 5 heteroatoms. The van der Waals surface area contributed by atoms with Gasteiger partial charge in [-0.15, -0.1) is 0 Å². The van der Waals surface area contributed by atoms with Crippen LogP contribution in [0, 0.1) is 17.0 Å². The second kappa shape index (κ2) is 6.73. The first-order chi connectivity index (χ1) is 12.0. The Hall–Kier alpha value is -3.21. The fourth-order valence-electron chi connectivity index (χ4n) is 2.99. The van der Waals surface area contributed by atoms with Crippen LogP contribution in [-0.4, -0.2) is 15.7 Å². The summed E-state index contributed by atoms with van der Waals surface area (Å²) in [7, 11) is 0. The third-order valence-corrected chi connectivity index (χ3v) is 4.31. The van der Waals surface area contributed by atoms with E-state index in [1.807, 2.05) is 31.2 Å². The van der Waals surface area contributed by atoms with Crippen molar-refractivity contribution >= 4 is 28.4 Å². The monoisotopic (exact) mass is 334 g/mol. The van der Waals surface area contributed by atoms with Gasteiger partial charge in [0, 0.05) is 34.7 Å². The fraction of sp³-hybridized carbons (Fsp3) is 0.150. The molecule has 3 aromatic rings. The molecule has 1 heterocycles. The van der Waals surface area contributed by atoms with Crippen LogP contribution in [-0.2, 0) is 11.2 Å². The first kappa shape index (κ1) is 16.6. The van der Waals surface area contributed by atoms with Crippen LogP contribution < -0.4 is 0 Å². The standard InChI is InChI=1S/C20H18N2O3/c1-13-18(17-8-4-5-9-19(17)21-13)12-16(14(2)23)11-15-7-3-6-10-20(15)22(24)25/h3-11,21H,12H2,1-2H3/b16-11-. The number of aromatic amines is 1. The van der Waals surface area contributed by atoms with Crippen molar-refractivity contribution in [3.63, 3.8) is 0 Å². The topological polar surface area (TPSA) is 76.0 Å². The van der Waals surface area contributed by atoms with Gasteiger partial charge in [0.05, 0.1) is 10.5 Å². The smallest absolute Gasteiger partial charge is 0.276 e. The number of H-pyrrole nitrogens is 1. The van der Waals surface area contributed by atoms with E-state index >= 15 is 0 Å². The molecule has 0 aliphatic heterocycles. The first-order valence-corrected chi connectivity index (χ1v) is 7.98. The number of allylic oxidation sites excluding steroid dienone is 1. The van der Waals surface area contributed by atoms with Crippen molar-refractivity contribution in [1.29, 1.82) is 0 Å². The molecule has 25 heavy (non-hydrogen) atoms. The summed E-state index contributed by atoms with van der Waals surface area (Å²) >= 11 is 0. The minimum atomic E-state index is -0.430. The number of nitro groups is 1. The highest BCUT2D eigenvalue weighted by atomic mass is 16.6. The number of carbonyl (C=O) groups is 1. The minimum absolute atomic E-state index is 0.00287. The second-order valence-electron chi connectivity index (χ2n) is 5.99. The number of Topliss-reactive ketones (excluding diaryl/α,β-unsaturated/α-hetero) is 1. The van der Waals surface area contributed by atoms with E-state index in [-0.39, 0.29) is 11.5 Å². The molecule has 0 unspecified atom stereocenters. The second-order valence-corrected chi connectivity index (χ2v) is 5.99. The number of ketones is 1. The van der Waals surface area contributed by atoms with Gasteiger partial charge in [-0.3, -0.25) is 14.9 Å². The lowest BCUT2D eigenvalue weighted by Crippen LogP contribution is -2.02. The number of nitro benzene ring substituents is 1. The number of hydrogen-bond donors (Lipinski definition) is 1. The van der Waals surface area contributed by atoms with Gasteiger partial charge in [-0.1, -0.05) is 30.3 Å². The van der Waals surface area contributed by atoms with Gasteiger partial charge in [-0.2, -0.15) is 0 Å². The van der Waals surface area contributed by atoms with Crippen molar-refractivity contribution in [1.82, 2.24) is 4.98 Å². The summed E-state index contributed by atoms with van der Waals surface area (Å²) in [5.41, 5.74) is 4.03. The number of aryl methyl sites for hydroxylation is 1. The zero-order chi connectivity index (χ0) is 18.0. The number of aromatic nitrogens is 1. The van der Waals surface area contributed by atoms with Gasteiger partial charge in [0.15, 0.2) is 5.78 Å². The van der Waals surface area contributed by atoms with E-state index in [1.165, 1.54) is 13.0 Å². The third-order valence-electron chi connectivity index (χ3n) is 4.31. The van der Waals surface area contributed by atoms with E-state index in [0.717, 1.165) is 22.2 Å². The van der Waals surface area contributed by atoms with Gasteiger partial charge >= 0.3 is 0 Å². The average molecular weight is 334 g/mol. The highest BCUT2D eigenvalue weighted by molar-refractivity contribution is 5.99. The lowest BCUT2D eigenvalue weighted by atomic mass is 9.97. The number of carbonyl (C=O) groups excluding carboxylic acids is 1. The highest BCUT2D eigenvalue weighted by Crippen LogP contribution is 2.27. The van der Waals surface area contributed by atoms with Crippen LogP contribution in [0.2, 0.25) is 0 Å². The zero-order valence-corrected chi connectivity index (χ0v) is 14.1. The number of rotatable bonds is 5. The zero-order valence-electron chi connectivity index (χ0n) is 14.1. The summed E-state index contributed by atoms with van der Waals surface area (Å²) in [6, 6.07) is 14.4. The lowest BCUT2D eigenvalue weighted by molar-refractivity contribution is -0.385. The fourth-order valence-corrected chi connectivity index (χ4v) is 2.99. The van der Waals surface area contributed by atoms with Crippen molar-refractivity contribution in [2.45, 2.75) is 20.3 Å². The molecule has 126 valence electrons. The van der Waals surface area contributed by atoms with E-state index in [4.69, 9.17) is 0 Å². The van der Waals surface area contributed by atoms with Crippen molar-refractivity contribution < 1.29 is 9.72 Å². The Labute approximate surface area is 145 Å². The van der Waals surface area contributed by atoms with E-state index in [0.29, 0.717) is 17.6 Å². The van der Waals surface area contributed by atoms with Crippen LogP contribution in [0.25, 0.3) is 17.0 Å². The molecule has 3 rings (SSSR count). The van der Waals surface area contributed by atoms with Crippen LogP contribution >= 0.6 is 0 Å². The van der Waals surface area contributed by atoms with Gasteiger partial charge in [-0.25, -0.2) is 0 Å². The van der Waals surface area contributed by atoms with Crippen molar-refractivity contribution in [3.05, 3.63) is 81.0 Å². The van der Waals surface area contributed by atoms with E-state index in [1.54, 1.807) is 24.3 Å². The molecule has 0 saturated heterocycles. The molecule has 2 aromatic carbocycles. The average Bonchev–Trinajstić information content (AvgIpc) is 2.90. The molecule has 0 saturated carbocycles. The van der Waals surface area contributed by atoms with Crippen LogP contribution in [0.3, 0.4) is 0 Å². The number of fused-ring (bicyclic) bond motifs is 1. The van der Waals surface area contributed by atoms with Crippen molar-refractivity contribution in [2.75, 3.05) is 0 Å². The number of nitrogens with zero attached hydrogens (tertiary/aromatic N) is 1. The van der Waals surface area contributed by atoms with Gasteiger partial charge in [0.1, 0.15) is 0 Å². The van der Waals surface area contributed by atoms with Crippen LogP contribution in [0.4, 0.5) is 5.69 Å². The molecule has 1 aromatic heterocycles. The molecule has 0 amide bonds. The molecule has 1 N–H and O–H groups in total. The molecule has 0 fully saturated rings. The molecule has 5 nitrogen and oxygen atoms in total. The summed E-state index contributed by atoms with van der Waals surface area (Å²) in [5.74, 6) is -0.0946. The predicted molar refractivity (Wildman–Crippen MR) is 98.5 cm³/mol. The Morgan fingerprint density at radius 1 is 1.16 bits per heavy atom. The minimum Gasteiger partial charge on any atom is -0.358 e. The van der Waals surface area contributed by atoms with Crippen molar-refractivity contribution in [3.8, 4) is 0 Å². The van der Waals surface area contributed by atoms with Crippen molar-refractivity contribution in [2.24, 2.45) is 0 Å². The van der Waals surface area contributed by atoms with Crippen LogP contribution in [0.1, 0.15) is 23.7 Å². The maximum atomic E-state index is 12.2. The Kier molecular flexibility index (Phi) is 4.48. The van der Waals surface area contributed by atoms with E-state index in [2.05, 4.69) is 4.98 Å². The summed E-state index contributed by atoms with van der Waals surface area (Å²) < 4.78 is 0. The predicted octanol–water partition coefficient (Wildman–Crippen LogP) is 4.60. The van der Waals surface area contributed by atoms with Gasteiger partial charge < -0.3 is 4.98 Å². The summed E-state index contributed by atoms with van der Waals surface area (Å²) in [6.07, 6.45) is 2.05. The Balaban J connectivity index is 2.07. The molecule has 0 bridgehead atoms. The number of nitrogens with one attached hydrogen (secondary N) is 1. The summed E-state index contributed by atoms with van der Waals surface area (Å²) in [5, 5.41) is 12.3. The van der Waals surface area contributed by atoms with E-state index in [9.17, 15) is 14.9 Å². The number of para-hydroxylation sites is 2. The SMILES string of the molecule is CC(=O)/C(=C\c1ccccc1[N+](=O)[O-])Cc1c(C)[nH]c2ccccc12. The highest BCUT2D eigenvalue weighted by Gasteiger charge is 2.16. The number of hydrogen-bond acceptors (Lipinski definition) is 3. The third kappa shape index (κ3) is 3.35. The first-order valence-electron chi connectivity index (χ1n) is 7.98. The van der Waals surface area contributed by atoms with Crippen LogP contribution in [0.15, 0.2) is 54.1 Å². The molecule has 0 aliphatic rings. The molecule has 0 aliphatic carbocycles. The quantitative estimate of drug-likeness (QED) is 0.421. The largest absolute Gasteiger partial charge is 0.358 e. The normalized spacial score (nSPS) is 11.7. The Morgan fingerprint density at radius 2 is 1.84 bits per heavy atom. The lowest BCUT2D eigenvalue weighted by Gasteiger charge is -2.06. The maximum absolute atomic E-state index is 12.2. The maximum Gasteiger partial charge on any atom is 0.276 e. The Bertz CT molecular complexity index is 999. The molecular formula is C20H18N2O3. The Morgan fingerprint density at radius 3 is 2.56 bits per heavy atom. The van der Waals surface area contributed by atoms with Gasteiger partial charge in [0.25, 0.3) is 5.69 Å². The van der Waals surface area contributed by atoms with E-state index < -0.39 is 4.92 Å². The van der Waals surface area contributed by atoms with Gasteiger partial charge in [0.2, 0.25) is 0 Å². The summed E-state index contributed by atoms with van der Waals surface area (Å²) in [4.78, 5) is 26.2. The van der Waals surface area contributed by atoms with Gasteiger partial charge in [-0.05, 0) is 37.6 Å². The summed E-state index contributed by atoms with van der Waals surface area (Å²) in [6.45, 7) is 3.46. The molecule has 0 spiro atoms. The molecular weight excluding hydrogens is 316 g/mol.